The topological polar surface area (TPSA) is 20.2 Å². The second kappa shape index (κ2) is 3.82. The van der Waals surface area contributed by atoms with Crippen molar-refractivity contribution in [3.05, 3.63) is 27.3 Å². The molecule has 0 fully saturated rings. The van der Waals surface area contributed by atoms with Gasteiger partial charge in [-0.1, -0.05) is 25.4 Å². The number of rotatable bonds is 1. The van der Waals surface area contributed by atoms with Gasteiger partial charge in [0.15, 0.2) is 0 Å². The van der Waals surface area contributed by atoms with Crippen LogP contribution in [0.25, 0.3) is 0 Å². The second-order valence-corrected chi connectivity index (χ2v) is 4.48. The molecule has 0 saturated heterocycles. The van der Waals surface area contributed by atoms with Gasteiger partial charge in [0, 0.05) is 5.56 Å². The maximum atomic E-state index is 9.86. The largest absolute Gasteiger partial charge is 0.507 e. The standard InChI is InChI=1S/C12H17ClO/c1-6(2)10-7(3)11(13)9(5)12(14)8(10)4/h6,14H,1-5H3. The molecule has 1 aromatic carbocycles. The van der Waals surface area contributed by atoms with Crippen molar-refractivity contribution < 1.29 is 5.11 Å². The Morgan fingerprint density at radius 1 is 1.00 bits per heavy atom. The van der Waals surface area contributed by atoms with E-state index < -0.39 is 0 Å². The minimum absolute atomic E-state index is 0.337. The molecule has 0 spiro atoms. The van der Waals surface area contributed by atoms with Gasteiger partial charge in [0.2, 0.25) is 0 Å². The van der Waals surface area contributed by atoms with Crippen molar-refractivity contribution in [2.24, 2.45) is 0 Å². The highest BCUT2D eigenvalue weighted by Gasteiger charge is 2.16. The Balaban J connectivity index is 3.60. The first-order valence-electron chi connectivity index (χ1n) is 4.86. The van der Waals surface area contributed by atoms with Crippen molar-refractivity contribution >= 4 is 11.6 Å². The van der Waals surface area contributed by atoms with Gasteiger partial charge in [-0.2, -0.15) is 0 Å². The van der Waals surface area contributed by atoms with E-state index in [9.17, 15) is 5.11 Å². The van der Waals surface area contributed by atoms with Gasteiger partial charge < -0.3 is 5.11 Å². The SMILES string of the molecule is Cc1c(O)c(C)c(C(C)C)c(C)c1Cl. The van der Waals surface area contributed by atoms with Crippen LogP contribution in [-0.2, 0) is 0 Å². The average molecular weight is 213 g/mol. The third kappa shape index (κ3) is 1.61. The van der Waals surface area contributed by atoms with Crippen LogP contribution < -0.4 is 0 Å². The summed E-state index contributed by atoms with van der Waals surface area (Å²) in [4.78, 5) is 0. The summed E-state index contributed by atoms with van der Waals surface area (Å²) in [5, 5.41) is 10.5. The molecule has 0 aliphatic heterocycles. The van der Waals surface area contributed by atoms with Crippen LogP contribution in [0.3, 0.4) is 0 Å². The first-order valence-corrected chi connectivity index (χ1v) is 5.23. The fraction of sp³-hybridized carbons (Fsp3) is 0.500. The zero-order valence-corrected chi connectivity index (χ0v) is 10.2. The molecule has 0 heterocycles. The lowest BCUT2D eigenvalue weighted by atomic mass is 9.90. The quantitative estimate of drug-likeness (QED) is 0.744. The third-order valence-corrected chi connectivity index (χ3v) is 3.32. The molecule has 0 saturated carbocycles. The molecule has 0 aliphatic carbocycles. The maximum Gasteiger partial charge on any atom is 0.123 e. The van der Waals surface area contributed by atoms with Crippen LogP contribution in [0, 0.1) is 20.8 Å². The monoisotopic (exact) mass is 212 g/mol. The summed E-state index contributed by atoms with van der Waals surface area (Å²) < 4.78 is 0. The summed E-state index contributed by atoms with van der Waals surface area (Å²) in [6.07, 6.45) is 0. The van der Waals surface area contributed by atoms with Crippen molar-refractivity contribution in [1.29, 1.82) is 0 Å². The average Bonchev–Trinajstić information content (AvgIpc) is 2.11. The lowest BCUT2D eigenvalue weighted by Crippen LogP contribution is -1.99. The molecule has 0 atom stereocenters. The van der Waals surface area contributed by atoms with Crippen molar-refractivity contribution in [2.45, 2.75) is 40.5 Å². The highest BCUT2D eigenvalue weighted by Crippen LogP contribution is 2.38. The number of hydrogen-bond donors (Lipinski definition) is 1. The summed E-state index contributed by atoms with van der Waals surface area (Å²) in [5.41, 5.74) is 4.00. The van der Waals surface area contributed by atoms with E-state index in [2.05, 4.69) is 13.8 Å². The Labute approximate surface area is 90.7 Å². The van der Waals surface area contributed by atoms with E-state index in [1.165, 1.54) is 0 Å². The van der Waals surface area contributed by atoms with Gasteiger partial charge >= 0.3 is 0 Å². The molecule has 14 heavy (non-hydrogen) atoms. The Kier molecular flexibility index (Phi) is 3.10. The van der Waals surface area contributed by atoms with E-state index in [1.54, 1.807) is 0 Å². The van der Waals surface area contributed by atoms with Gasteiger partial charge in [-0.25, -0.2) is 0 Å². The van der Waals surface area contributed by atoms with Crippen LogP contribution in [0.2, 0.25) is 5.02 Å². The molecule has 2 heteroatoms. The van der Waals surface area contributed by atoms with Crippen LogP contribution in [0.4, 0.5) is 0 Å². The van der Waals surface area contributed by atoms with Gasteiger partial charge in [-0.15, -0.1) is 0 Å². The summed E-state index contributed by atoms with van der Waals surface area (Å²) >= 11 is 6.14. The normalized spacial score (nSPS) is 11.1. The number of phenolic OH excluding ortho intramolecular Hbond substituents is 1. The van der Waals surface area contributed by atoms with E-state index in [4.69, 9.17) is 11.6 Å². The number of halogens is 1. The van der Waals surface area contributed by atoms with Crippen molar-refractivity contribution in [2.75, 3.05) is 0 Å². The first-order chi connectivity index (χ1) is 6.37. The van der Waals surface area contributed by atoms with Crippen LogP contribution in [0.15, 0.2) is 0 Å². The van der Waals surface area contributed by atoms with Crippen molar-refractivity contribution in [1.82, 2.24) is 0 Å². The zero-order valence-electron chi connectivity index (χ0n) is 9.40. The van der Waals surface area contributed by atoms with Gasteiger partial charge in [0.25, 0.3) is 0 Å². The van der Waals surface area contributed by atoms with Gasteiger partial charge in [0.05, 0.1) is 5.02 Å². The molecule has 1 nitrogen and oxygen atoms in total. The fourth-order valence-electron chi connectivity index (χ4n) is 2.06. The highest BCUT2D eigenvalue weighted by molar-refractivity contribution is 6.32. The smallest absolute Gasteiger partial charge is 0.123 e. The molecular weight excluding hydrogens is 196 g/mol. The molecule has 0 amide bonds. The summed E-state index contributed by atoms with van der Waals surface area (Å²) in [5.74, 6) is 0.725. The molecule has 0 unspecified atom stereocenters. The number of aromatic hydroxyl groups is 1. The first kappa shape index (κ1) is 11.4. The molecular formula is C12H17ClO. The number of phenols is 1. The van der Waals surface area contributed by atoms with E-state index in [1.807, 2.05) is 20.8 Å². The Hall–Kier alpha value is -0.690. The van der Waals surface area contributed by atoms with Crippen LogP contribution in [-0.4, -0.2) is 5.11 Å². The molecule has 0 aromatic heterocycles. The Bertz CT molecular complexity index is 338. The summed E-state index contributed by atoms with van der Waals surface area (Å²) in [6, 6.07) is 0. The molecule has 0 radical (unpaired) electrons. The molecule has 0 bridgehead atoms. The minimum atomic E-state index is 0.337. The minimum Gasteiger partial charge on any atom is -0.507 e. The van der Waals surface area contributed by atoms with Crippen LogP contribution >= 0.6 is 11.6 Å². The lowest BCUT2D eigenvalue weighted by Gasteiger charge is -2.18. The van der Waals surface area contributed by atoms with E-state index >= 15 is 0 Å². The van der Waals surface area contributed by atoms with Crippen molar-refractivity contribution in [3.8, 4) is 5.75 Å². The Morgan fingerprint density at radius 3 is 1.93 bits per heavy atom. The Morgan fingerprint density at radius 2 is 1.50 bits per heavy atom. The van der Waals surface area contributed by atoms with E-state index in [0.717, 1.165) is 22.3 Å². The highest BCUT2D eigenvalue weighted by atomic mass is 35.5. The van der Waals surface area contributed by atoms with E-state index in [-0.39, 0.29) is 0 Å². The van der Waals surface area contributed by atoms with E-state index in [0.29, 0.717) is 16.7 Å². The predicted octanol–water partition coefficient (Wildman–Crippen LogP) is 4.09. The van der Waals surface area contributed by atoms with Gasteiger partial charge in [-0.3, -0.25) is 0 Å². The van der Waals surface area contributed by atoms with Gasteiger partial charge in [-0.05, 0) is 43.4 Å². The zero-order chi connectivity index (χ0) is 11.0. The molecule has 78 valence electrons. The molecule has 1 rings (SSSR count). The van der Waals surface area contributed by atoms with Crippen molar-refractivity contribution in [3.63, 3.8) is 0 Å². The third-order valence-electron chi connectivity index (χ3n) is 2.75. The summed E-state index contributed by atoms with van der Waals surface area (Å²) in [7, 11) is 0. The number of benzene rings is 1. The summed E-state index contributed by atoms with van der Waals surface area (Å²) in [6.45, 7) is 10.0. The van der Waals surface area contributed by atoms with Crippen LogP contribution in [0.1, 0.15) is 42.0 Å². The van der Waals surface area contributed by atoms with Gasteiger partial charge in [0.1, 0.15) is 5.75 Å². The maximum absolute atomic E-state index is 9.86. The fourth-order valence-corrected chi connectivity index (χ4v) is 2.25. The lowest BCUT2D eigenvalue weighted by molar-refractivity contribution is 0.465. The second-order valence-electron chi connectivity index (χ2n) is 4.11. The molecule has 0 aliphatic rings. The predicted molar refractivity (Wildman–Crippen MR) is 61.4 cm³/mol. The molecule has 1 N–H and O–H groups in total. The van der Waals surface area contributed by atoms with Crippen LogP contribution in [0.5, 0.6) is 5.75 Å². The molecule has 1 aromatic rings. The number of hydrogen-bond acceptors (Lipinski definition) is 1.